The summed E-state index contributed by atoms with van der Waals surface area (Å²) in [5.74, 6) is 0. The molecule has 0 radical (unpaired) electrons. The third kappa shape index (κ3) is 47.6. The summed E-state index contributed by atoms with van der Waals surface area (Å²) in [7, 11) is 8.42. The van der Waals surface area contributed by atoms with Crippen LogP contribution in [0.25, 0.3) is 0 Å². The van der Waals surface area contributed by atoms with E-state index in [1.54, 1.807) is 0 Å². The van der Waals surface area contributed by atoms with Gasteiger partial charge in [-0.3, -0.25) is 0 Å². The number of unbranched alkanes of at least 4 members (excludes halogenated alkanes) is 1. The molecular formula is C4H10S2Zn2. The van der Waals surface area contributed by atoms with E-state index in [0.29, 0.717) is 0 Å². The van der Waals surface area contributed by atoms with Gasteiger partial charge in [0.2, 0.25) is 0 Å². The Kier molecular flexibility index (Phi) is 77.2. The van der Waals surface area contributed by atoms with Crippen LogP contribution >= 0.6 is 20.2 Å². The van der Waals surface area contributed by atoms with Gasteiger partial charge in [-0.25, -0.2) is 0 Å². The summed E-state index contributed by atoms with van der Waals surface area (Å²) in [6, 6.07) is 0. The Bertz CT molecular complexity index is 24.0. The van der Waals surface area contributed by atoms with E-state index in [2.05, 4.69) is 34.1 Å². The van der Waals surface area contributed by atoms with E-state index in [9.17, 15) is 0 Å². The molecular weight excluding hydrogens is 243 g/mol. The maximum atomic E-state index is 4.21. The predicted octanol–water partition coefficient (Wildman–Crippen LogP) is 3.10. The van der Waals surface area contributed by atoms with Crippen molar-refractivity contribution in [3.05, 3.63) is 0 Å². The first-order valence-corrected chi connectivity index (χ1v) is 10.9. The molecule has 0 heterocycles. The zero-order valence-corrected chi connectivity index (χ0v) is 13.2. The first-order chi connectivity index (χ1) is 3.91. The molecule has 0 aromatic heterocycles. The molecule has 0 aromatic carbocycles. The summed E-state index contributed by atoms with van der Waals surface area (Å²) in [4.78, 5) is 0. The third-order valence-corrected chi connectivity index (χ3v) is 0.500. The molecule has 0 rings (SSSR count). The first-order valence-electron chi connectivity index (χ1n) is 2.49. The Morgan fingerprint density at radius 3 is 1.00 bits per heavy atom. The summed E-state index contributed by atoms with van der Waals surface area (Å²) >= 11 is 1.92. The van der Waals surface area contributed by atoms with Gasteiger partial charge in [0.05, 0.1) is 0 Å². The van der Waals surface area contributed by atoms with Crippen LogP contribution in [0.15, 0.2) is 0 Å². The van der Waals surface area contributed by atoms with Crippen molar-refractivity contribution >= 4 is 20.2 Å². The fraction of sp³-hybridized carbons (Fsp3) is 1.00. The van der Waals surface area contributed by atoms with Crippen molar-refractivity contribution in [3.8, 4) is 0 Å². The molecule has 0 aromatic rings. The van der Waals surface area contributed by atoms with E-state index < -0.39 is 0 Å². The Morgan fingerprint density at radius 2 is 1.00 bits per heavy atom. The van der Waals surface area contributed by atoms with Crippen LogP contribution in [0.3, 0.4) is 0 Å². The van der Waals surface area contributed by atoms with Gasteiger partial charge in [-0.2, -0.15) is 0 Å². The molecule has 42 valence electrons. The van der Waals surface area contributed by atoms with Crippen LogP contribution in [0, 0.1) is 0 Å². The number of hydrogen-bond donors (Lipinski definition) is 0. The molecule has 4 heteroatoms. The average molecular weight is 253 g/mol. The molecule has 0 atom stereocenters. The fourth-order valence-electron chi connectivity index (χ4n) is 0. The van der Waals surface area contributed by atoms with E-state index in [-0.39, 0.29) is 0 Å². The molecule has 0 nitrogen and oxygen atoms in total. The summed E-state index contributed by atoms with van der Waals surface area (Å²) in [5.41, 5.74) is 0. The van der Waals surface area contributed by atoms with Gasteiger partial charge in [-0.15, -0.1) is 0 Å². The van der Waals surface area contributed by atoms with Crippen LogP contribution in [0.2, 0.25) is 0 Å². The van der Waals surface area contributed by atoms with Crippen LogP contribution in [-0.2, 0) is 33.1 Å². The summed E-state index contributed by atoms with van der Waals surface area (Å²) in [6.45, 7) is 4.36. The molecule has 0 aliphatic carbocycles. The SMILES string of the molecule is CCCC.[S]=[Zn].[S]=[Zn]. The quantitative estimate of drug-likeness (QED) is 0.658. The van der Waals surface area contributed by atoms with Crippen molar-refractivity contribution < 1.29 is 33.1 Å². The summed E-state index contributed by atoms with van der Waals surface area (Å²) < 4.78 is 0. The van der Waals surface area contributed by atoms with Crippen LogP contribution in [0.5, 0.6) is 0 Å². The van der Waals surface area contributed by atoms with Gasteiger partial charge in [0.25, 0.3) is 0 Å². The third-order valence-electron chi connectivity index (χ3n) is 0.500. The van der Waals surface area contributed by atoms with Crippen LogP contribution in [-0.4, -0.2) is 0 Å². The molecule has 0 N–H and O–H groups in total. The second kappa shape index (κ2) is 37.8. The molecule has 0 bridgehead atoms. The van der Waals surface area contributed by atoms with Crippen molar-refractivity contribution in [2.75, 3.05) is 0 Å². The minimum absolute atomic E-state index is 0.958. The van der Waals surface area contributed by atoms with Crippen molar-refractivity contribution in [1.82, 2.24) is 0 Å². The maximum absolute atomic E-state index is 4.21. The van der Waals surface area contributed by atoms with Gasteiger partial charge in [0.15, 0.2) is 0 Å². The fourth-order valence-corrected chi connectivity index (χ4v) is 0. The molecule has 0 aliphatic heterocycles. The Morgan fingerprint density at radius 1 is 0.875 bits per heavy atom. The van der Waals surface area contributed by atoms with Gasteiger partial charge in [0.1, 0.15) is 0 Å². The van der Waals surface area contributed by atoms with Gasteiger partial charge in [-0.1, -0.05) is 26.7 Å². The molecule has 0 saturated heterocycles. The van der Waals surface area contributed by atoms with Crippen molar-refractivity contribution in [2.45, 2.75) is 26.7 Å². The average Bonchev–Trinajstić information content (AvgIpc) is 1.96. The number of rotatable bonds is 1. The van der Waals surface area contributed by atoms with Crippen molar-refractivity contribution in [1.29, 1.82) is 0 Å². The second-order valence-electron chi connectivity index (χ2n) is 1.000. The molecule has 0 saturated carbocycles. The van der Waals surface area contributed by atoms with Crippen LogP contribution < -0.4 is 0 Å². The Balaban J connectivity index is -0.0000000542. The first kappa shape index (κ1) is 16.3. The standard InChI is InChI=1S/C4H10.2S.2Zn/c1-3-4-2;;;;/h3-4H2,1-2H3;;;;. The zero-order chi connectivity index (χ0) is 7.41. The van der Waals surface area contributed by atoms with Gasteiger partial charge in [-0.05, 0) is 0 Å². The van der Waals surface area contributed by atoms with Crippen LogP contribution in [0.1, 0.15) is 26.7 Å². The van der Waals surface area contributed by atoms with Crippen LogP contribution in [0.4, 0.5) is 0 Å². The molecule has 0 aliphatic rings. The monoisotopic (exact) mass is 250 g/mol. The molecule has 0 unspecified atom stereocenters. The Hall–Kier alpha value is 1.69. The van der Waals surface area contributed by atoms with E-state index in [4.69, 9.17) is 0 Å². The van der Waals surface area contributed by atoms with Crippen molar-refractivity contribution in [3.63, 3.8) is 0 Å². The molecule has 0 spiro atoms. The van der Waals surface area contributed by atoms with Gasteiger partial charge in [0, 0.05) is 0 Å². The topological polar surface area (TPSA) is 0 Å². The normalized spacial score (nSPS) is 5.25. The molecule has 8 heavy (non-hydrogen) atoms. The van der Waals surface area contributed by atoms with E-state index in [0.717, 1.165) is 33.1 Å². The summed E-state index contributed by atoms with van der Waals surface area (Å²) in [6.07, 6.45) is 2.64. The zero-order valence-electron chi connectivity index (χ0n) is 5.64. The molecule has 0 amide bonds. The van der Waals surface area contributed by atoms with Gasteiger partial charge >= 0.3 is 53.3 Å². The van der Waals surface area contributed by atoms with Crippen molar-refractivity contribution in [2.24, 2.45) is 0 Å². The van der Waals surface area contributed by atoms with Gasteiger partial charge < -0.3 is 0 Å². The Labute approximate surface area is 79.4 Å². The number of hydrogen-bond acceptors (Lipinski definition) is 2. The summed E-state index contributed by atoms with van der Waals surface area (Å²) in [5, 5.41) is 0. The second-order valence-corrected chi connectivity index (χ2v) is 1.000. The minimum atomic E-state index is 0.958. The predicted molar refractivity (Wildman–Crippen MR) is 35.8 cm³/mol. The van der Waals surface area contributed by atoms with E-state index >= 15 is 0 Å². The van der Waals surface area contributed by atoms with E-state index in [1.807, 2.05) is 0 Å². The van der Waals surface area contributed by atoms with E-state index in [1.165, 1.54) is 12.8 Å². The molecule has 0 fully saturated rings.